The predicted molar refractivity (Wildman–Crippen MR) is 92.6 cm³/mol. The van der Waals surface area contributed by atoms with Crippen molar-refractivity contribution >= 4 is 11.3 Å². The van der Waals surface area contributed by atoms with Crippen molar-refractivity contribution in [3.63, 3.8) is 0 Å². The monoisotopic (exact) mass is 352 g/mol. The van der Waals surface area contributed by atoms with Crippen LogP contribution in [0.1, 0.15) is 37.0 Å². The van der Waals surface area contributed by atoms with Crippen molar-refractivity contribution in [2.24, 2.45) is 0 Å². The summed E-state index contributed by atoms with van der Waals surface area (Å²) in [6, 6.07) is 4.64. The molecule has 3 heterocycles. The summed E-state index contributed by atoms with van der Waals surface area (Å²) in [7, 11) is 2.05. The topological polar surface area (TPSA) is 50.1 Å². The van der Waals surface area contributed by atoms with Crippen LogP contribution >= 0.6 is 11.3 Å². The summed E-state index contributed by atoms with van der Waals surface area (Å²) in [6.07, 6.45) is -0.130. The molecule has 0 radical (unpaired) electrons. The summed E-state index contributed by atoms with van der Waals surface area (Å²) >= 11 is 1.73. The second-order valence-electron chi connectivity index (χ2n) is 6.83. The van der Waals surface area contributed by atoms with Gasteiger partial charge in [0.2, 0.25) is 0 Å². The Morgan fingerprint density at radius 2 is 2.29 bits per heavy atom. The van der Waals surface area contributed by atoms with Gasteiger partial charge in [0.25, 0.3) is 0 Å². The molecule has 1 fully saturated rings. The van der Waals surface area contributed by atoms with Crippen LogP contribution in [0.15, 0.2) is 17.5 Å². The molecule has 1 saturated heterocycles. The minimum absolute atomic E-state index is 0.232. The van der Waals surface area contributed by atoms with Gasteiger partial charge in [-0.25, -0.2) is 9.07 Å². The van der Waals surface area contributed by atoms with Gasteiger partial charge in [0, 0.05) is 30.6 Å². The molecule has 1 aliphatic heterocycles. The first kappa shape index (κ1) is 17.4. The van der Waals surface area contributed by atoms with Gasteiger partial charge in [-0.1, -0.05) is 6.07 Å². The van der Waals surface area contributed by atoms with E-state index in [1.165, 1.54) is 4.88 Å². The third-order valence-corrected chi connectivity index (χ3v) is 5.26. The van der Waals surface area contributed by atoms with Crippen molar-refractivity contribution < 1.29 is 4.39 Å². The second kappa shape index (κ2) is 7.67. The summed E-state index contributed by atoms with van der Waals surface area (Å²) in [6.45, 7) is 6.98. The molecule has 0 amide bonds. The second-order valence-corrected chi connectivity index (χ2v) is 7.86. The lowest BCUT2D eigenvalue weighted by atomic mass is 10.2. The molecule has 2 aromatic heterocycles. The maximum absolute atomic E-state index is 14.0. The molecule has 0 aromatic carbocycles. The van der Waals surface area contributed by atoms with Crippen molar-refractivity contribution in [2.45, 2.75) is 51.6 Å². The maximum Gasteiger partial charge on any atom is 0.165 e. The van der Waals surface area contributed by atoms with Crippen LogP contribution < -0.4 is 0 Å². The Balaban J connectivity index is 1.59. The van der Waals surface area contributed by atoms with Crippen LogP contribution in [0.4, 0.5) is 4.39 Å². The number of rotatable bonds is 7. The van der Waals surface area contributed by atoms with E-state index in [0.29, 0.717) is 19.5 Å². The van der Waals surface area contributed by atoms with Gasteiger partial charge >= 0.3 is 0 Å². The summed E-state index contributed by atoms with van der Waals surface area (Å²) in [5.74, 6) is 0.854. The fraction of sp³-hybridized carbons (Fsp3) is 0.688. The van der Waals surface area contributed by atoms with Crippen LogP contribution in [-0.2, 0) is 13.1 Å². The molecule has 0 spiro atoms. The Morgan fingerprint density at radius 3 is 3.00 bits per heavy atom. The summed E-state index contributed by atoms with van der Waals surface area (Å²) in [5, 5.41) is 14.0. The van der Waals surface area contributed by atoms with Crippen LogP contribution in [0.2, 0.25) is 0 Å². The van der Waals surface area contributed by atoms with Gasteiger partial charge < -0.3 is 0 Å². The van der Waals surface area contributed by atoms with Crippen LogP contribution in [0.5, 0.6) is 0 Å². The van der Waals surface area contributed by atoms with Crippen molar-refractivity contribution in [3.05, 3.63) is 28.2 Å². The Bertz CT molecular complexity index is 628. The molecule has 0 N–H and O–H groups in total. The average Bonchev–Trinajstić information content (AvgIpc) is 3.22. The van der Waals surface area contributed by atoms with E-state index in [1.807, 2.05) is 11.7 Å². The zero-order chi connectivity index (χ0) is 17.1. The summed E-state index contributed by atoms with van der Waals surface area (Å²) in [5.41, 5.74) is 0. The Labute approximate surface area is 146 Å². The van der Waals surface area contributed by atoms with Gasteiger partial charge in [-0.05, 0) is 49.2 Å². The molecule has 3 rings (SSSR count). The standard InChI is InChI=1S/C16H25FN6S/c1-12(2)23-16(18-19-20-23)11-21(3)9-14-7-13(17)8-22(14)10-15-5-4-6-24-15/h4-6,12-14H,7-11H2,1-3H3/t13-,14-/m0/s1. The Kier molecular flexibility index (Phi) is 5.57. The third kappa shape index (κ3) is 4.17. The molecular formula is C16H25FN6S. The third-order valence-electron chi connectivity index (χ3n) is 4.40. The van der Waals surface area contributed by atoms with Gasteiger partial charge in [-0.15, -0.1) is 16.4 Å². The van der Waals surface area contributed by atoms with E-state index < -0.39 is 6.17 Å². The van der Waals surface area contributed by atoms with E-state index in [-0.39, 0.29) is 12.1 Å². The van der Waals surface area contributed by atoms with E-state index in [2.05, 4.69) is 56.7 Å². The Hall–Kier alpha value is -1.38. The molecule has 0 saturated carbocycles. The van der Waals surface area contributed by atoms with Gasteiger partial charge in [0.15, 0.2) is 5.82 Å². The largest absolute Gasteiger partial charge is 0.297 e. The number of tetrazole rings is 1. The fourth-order valence-corrected chi connectivity index (χ4v) is 4.02. The van der Waals surface area contributed by atoms with E-state index in [0.717, 1.165) is 18.9 Å². The zero-order valence-electron chi connectivity index (χ0n) is 14.5. The molecule has 1 aliphatic rings. The van der Waals surface area contributed by atoms with Gasteiger partial charge in [-0.3, -0.25) is 9.80 Å². The number of nitrogens with zero attached hydrogens (tertiary/aromatic N) is 6. The molecular weight excluding hydrogens is 327 g/mol. The predicted octanol–water partition coefficient (Wildman–Crippen LogP) is 2.36. The average molecular weight is 352 g/mol. The van der Waals surface area contributed by atoms with Crippen LogP contribution in [0.25, 0.3) is 0 Å². The highest BCUT2D eigenvalue weighted by Gasteiger charge is 2.33. The molecule has 8 heteroatoms. The minimum atomic E-state index is -0.732. The first-order valence-electron chi connectivity index (χ1n) is 8.38. The number of likely N-dealkylation sites (tertiary alicyclic amines) is 1. The maximum atomic E-state index is 14.0. The van der Waals surface area contributed by atoms with E-state index >= 15 is 0 Å². The van der Waals surface area contributed by atoms with E-state index in [4.69, 9.17) is 0 Å². The number of likely N-dealkylation sites (N-methyl/N-ethyl adjacent to an activating group) is 1. The van der Waals surface area contributed by atoms with E-state index in [9.17, 15) is 4.39 Å². The Morgan fingerprint density at radius 1 is 1.46 bits per heavy atom. The van der Waals surface area contributed by atoms with Crippen molar-refractivity contribution in [1.82, 2.24) is 30.0 Å². The number of aromatic nitrogens is 4. The normalized spacial score (nSPS) is 22.1. The molecule has 2 aromatic rings. The van der Waals surface area contributed by atoms with Crippen molar-refractivity contribution in [1.29, 1.82) is 0 Å². The minimum Gasteiger partial charge on any atom is -0.297 e. The van der Waals surface area contributed by atoms with Crippen molar-refractivity contribution in [3.8, 4) is 0 Å². The summed E-state index contributed by atoms with van der Waals surface area (Å²) in [4.78, 5) is 5.74. The number of halogens is 1. The zero-order valence-corrected chi connectivity index (χ0v) is 15.3. The lowest BCUT2D eigenvalue weighted by Crippen LogP contribution is -2.38. The lowest BCUT2D eigenvalue weighted by Gasteiger charge is -2.27. The lowest BCUT2D eigenvalue weighted by molar-refractivity contribution is 0.178. The summed E-state index contributed by atoms with van der Waals surface area (Å²) < 4.78 is 15.8. The molecule has 0 aliphatic carbocycles. The highest BCUT2D eigenvalue weighted by atomic mass is 32.1. The van der Waals surface area contributed by atoms with Gasteiger partial charge in [0.05, 0.1) is 12.6 Å². The van der Waals surface area contributed by atoms with E-state index in [1.54, 1.807) is 11.3 Å². The molecule has 132 valence electrons. The smallest absolute Gasteiger partial charge is 0.165 e. The number of thiophene rings is 1. The van der Waals surface area contributed by atoms with Crippen LogP contribution in [0.3, 0.4) is 0 Å². The molecule has 2 atom stereocenters. The number of hydrogen-bond donors (Lipinski definition) is 0. The highest BCUT2D eigenvalue weighted by Crippen LogP contribution is 2.25. The quantitative estimate of drug-likeness (QED) is 0.766. The number of hydrogen-bond acceptors (Lipinski definition) is 6. The SMILES string of the molecule is CC(C)n1nnnc1CN(C)C[C@@H]1C[C@H](F)CN1Cc1cccs1. The molecule has 0 unspecified atom stereocenters. The first-order chi connectivity index (χ1) is 11.5. The van der Waals surface area contributed by atoms with Gasteiger partial charge in [0.1, 0.15) is 6.17 Å². The van der Waals surface area contributed by atoms with Gasteiger partial charge in [-0.2, -0.15) is 0 Å². The highest BCUT2D eigenvalue weighted by molar-refractivity contribution is 7.09. The molecule has 6 nitrogen and oxygen atoms in total. The first-order valence-corrected chi connectivity index (χ1v) is 9.26. The van der Waals surface area contributed by atoms with Crippen LogP contribution in [-0.4, -0.2) is 62.4 Å². The van der Waals surface area contributed by atoms with Crippen molar-refractivity contribution in [2.75, 3.05) is 20.1 Å². The van der Waals surface area contributed by atoms with Crippen LogP contribution in [0, 0.1) is 0 Å². The molecule has 0 bridgehead atoms. The fourth-order valence-electron chi connectivity index (χ4n) is 3.29. The number of alkyl halides is 1. The molecule has 24 heavy (non-hydrogen) atoms.